The van der Waals surface area contributed by atoms with E-state index in [0.717, 1.165) is 11.1 Å². The Bertz CT molecular complexity index is 1050. The van der Waals surface area contributed by atoms with Gasteiger partial charge in [-0.05, 0) is 24.6 Å². The highest BCUT2D eigenvalue weighted by molar-refractivity contribution is 7.89. The number of nitrogens with two attached hydrogens (primary N) is 1. The summed E-state index contributed by atoms with van der Waals surface area (Å²) in [6.45, 7) is 1.32. The third kappa shape index (κ3) is 4.43. The number of rotatable bonds is 7. The number of cyclic esters (lactones) is 1. The molecule has 0 bridgehead atoms. The van der Waals surface area contributed by atoms with Crippen LogP contribution in [0.2, 0.25) is 0 Å². The summed E-state index contributed by atoms with van der Waals surface area (Å²) in [5.74, 6) is -1.64. The summed E-state index contributed by atoms with van der Waals surface area (Å²) in [4.78, 5) is 36.6. The quantitative estimate of drug-likeness (QED) is 0.663. The second kappa shape index (κ2) is 8.54. The lowest BCUT2D eigenvalue weighted by Gasteiger charge is -2.23. The summed E-state index contributed by atoms with van der Waals surface area (Å²) >= 11 is 0. The van der Waals surface area contributed by atoms with Crippen molar-refractivity contribution < 1.29 is 27.5 Å². The van der Waals surface area contributed by atoms with E-state index in [1.807, 2.05) is 0 Å². The molecule has 0 radical (unpaired) electrons. The summed E-state index contributed by atoms with van der Waals surface area (Å²) in [5.41, 5.74) is 6.99. The molecule has 1 heterocycles. The molecule has 2 aromatic carbocycles. The molecular weight excluding hydrogens is 410 g/mol. The topological polar surface area (TPSA) is 136 Å². The first-order chi connectivity index (χ1) is 14.2. The van der Waals surface area contributed by atoms with Crippen LogP contribution in [0.25, 0.3) is 0 Å². The van der Waals surface area contributed by atoms with Crippen LogP contribution in [0.15, 0.2) is 59.5 Å². The molecule has 1 aliphatic heterocycles. The molecule has 3 amide bonds. The van der Waals surface area contributed by atoms with Crippen LogP contribution in [0.4, 0.5) is 4.79 Å². The van der Waals surface area contributed by atoms with Gasteiger partial charge in [0.15, 0.2) is 6.04 Å². The lowest BCUT2D eigenvalue weighted by atomic mass is 10.1. The molecule has 10 heteroatoms. The number of nitrogens with one attached hydrogen (secondary N) is 1. The number of sulfonamides is 1. The van der Waals surface area contributed by atoms with Crippen LogP contribution in [0.1, 0.15) is 11.1 Å². The van der Waals surface area contributed by atoms with Crippen LogP contribution in [-0.4, -0.2) is 49.3 Å². The molecule has 30 heavy (non-hydrogen) atoms. The molecule has 0 spiro atoms. The van der Waals surface area contributed by atoms with E-state index in [-0.39, 0.29) is 11.3 Å². The van der Waals surface area contributed by atoms with Gasteiger partial charge in [-0.2, -0.15) is 4.31 Å². The molecule has 0 aromatic heterocycles. The summed E-state index contributed by atoms with van der Waals surface area (Å²) in [5, 5.41) is 2.44. The summed E-state index contributed by atoms with van der Waals surface area (Å²) < 4.78 is 31.1. The molecule has 3 rings (SSSR count). The zero-order valence-electron chi connectivity index (χ0n) is 16.1. The molecule has 3 N–H and O–H groups in total. The van der Waals surface area contributed by atoms with Crippen molar-refractivity contribution in [3.63, 3.8) is 0 Å². The van der Waals surface area contributed by atoms with Gasteiger partial charge in [-0.3, -0.25) is 9.59 Å². The van der Waals surface area contributed by atoms with Crippen molar-refractivity contribution in [2.45, 2.75) is 30.3 Å². The summed E-state index contributed by atoms with van der Waals surface area (Å²) in [6, 6.07) is 12.2. The van der Waals surface area contributed by atoms with E-state index in [0.29, 0.717) is 4.31 Å². The average molecular weight is 431 g/mol. The van der Waals surface area contributed by atoms with Gasteiger partial charge >= 0.3 is 6.09 Å². The number of nitrogens with zero attached hydrogens (tertiary/aromatic N) is 1. The van der Waals surface area contributed by atoms with Crippen molar-refractivity contribution in [1.82, 2.24) is 9.62 Å². The van der Waals surface area contributed by atoms with E-state index < -0.39 is 46.6 Å². The van der Waals surface area contributed by atoms with Crippen molar-refractivity contribution in [3.05, 3.63) is 65.7 Å². The Labute approximate surface area is 173 Å². The van der Waals surface area contributed by atoms with Crippen LogP contribution in [-0.2, 0) is 30.8 Å². The van der Waals surface area contributed by atoms with Gasteiger partial charge in [-0.25, -0.2) is 13.2 Å². The van der Waals surface area contributed by atoms with E-state index >= 15 is 0 Å². The van der Waals surface area contributed by atoms with Crippen LogP contribution in [0, 0.1) is 6.92 Å². The van der Waals surface area contributed by atoms with Crippen LogP contribution < -0.4 is 11.1 Å². The molecule has 2 aromatic rings. The maximum atomic E-state index is 12.9. The second-order valence-corrected chi connectivity index (χ2v) is 8.67. The first-order valence-electron chi connectivity index (χ1n) is 9.11. The van der Waals surface area contributed by atoms with Gasteiger partial charge in [0.2, 0.25) is 11.8 Å². The number of hydrogen-bond acceptors (Lipinski definition) is 6. The monoisotopic (exact) mass is 431 g/mol. The fourth-order valence-corrected chi connectivity index (χ4v) is 4.47. The number of carbonyl (C=O) groups excluding carboxylic acids is 3. The van der Waals surface area contributed by atoms with Crippen molar-refractivity contribution in [3.8, 4) is 0 Å². The van der Waals surface area contributed by atoms with E-state index in [1.165, 1.54) is 12.1 Å². The smallest absolute Gasteiger partial charge is 0.424 e. The first-order valence-corrected chi connectivity index (χ1v) is 10.6. The van der Waals surface area contributed by atoms with E-state index in [9.17, 15) is 22.8 Å². The Balaban J connectivity index is 1.82. The van der Waals surface area contributed by atoms with E-state index in [2.05, 4.69) is 5.32 Å². The third-order valence-corrected chi connectivity index (χ3v) is 6.44. The minimum Gasteiger partial charge on any atom is -0.446 e. The van der Waals surface area contributed by atoms with Crippen molar-refractivity contribution in [1.29, 1.82) is 0 Å². The number of ether oxygens (including phenoxy) is 1. The van der Waals surface area contributed by atoms with Gasteiger partial charge < -0.3 is 15.8 Å². The minimum absolute atomic E-state index is 0.119. The molecule has 1 aliphatic rings. The Kier molecular flexibility index (Phi) is 6.06. The van der Waals surface area contributed by atoms with Gasteiger partial charge in [-0.15, -0.1) is 0 Å². The highest BCUT2D eigenvalue weighted by Crippen LogP contribution is 2.24. The molecular formula is C20H21N3O6S. The third-order valence-electron chi connectivity index (χ3n) is 4.65. The van der Waals surface area contributed by atoms with E-state index in [4.69, 9.17) is 10.5 Å². The number of carbonyl (C=O) groups is 3. The molecule has 0 unspecified atom stereocenters. The number of primary amides is 1. The SMILES string of the molecule is Cc1ccc(S(=O)(=O)N2C(=O)OC[C@H]2C(=O)N[C@@H](Cc2ccccc2)C(N)=O)cc1. The predicted molar refractivity (Wildman–Crippen MR) is 107 cm³/mol. The lowest BCUT2D eigenvalue weighted by molar-refractivity contribution is -0.129. The maximum absolute atomic E-state index is 12.9. The Morgan fingerprint density at radius 2 is 1.80 bits per heavy atom. The first kappa shape index (κ1) is 21.3. The van der Waals surface area contributed by atoms with Crippen LogP contribution >= 0.6 is 0 Å². The van der Waals surface area contributed by atoms with Crippen molar-refractivity contribution >= 4 is 27.9 Å². The van der Waals surface area contributed by atoms with Gasteiger partial charge in [0.1, 0.15) is 12.6 Å². The number of aryl methyl sites for hydroxylation is 1. The van der Waals surface area contributed by atoms with E-state index in [1.54, 1.807) is 49.4 Å². The highest BCUT2D eigenvalue weighted by Gasteiger charge is 2.47. The lowest BCUT2D eigenvalue weighted by Crippen LogP contribution is -2.54. The normalized spacial score (nSPS) is 17.3. The second-order valence-electron chi connectivity index (χ2n) is 6.86. The van der Waals surface area contributed by atoms with Crippen LogP contribution in [0.3, 0.4) is 0 Å². The maximum Gasteiger partial charge on any atom is 0.424 e. The minimum atomic E-state index is -4.33. The van der Waals surface area contributed by atoms with Gasteiger partial charge in [-0.1, -0.05) is 48.0 Å². The zero-order chi connectivity index (χ0) is 21.9. The molecule has 0 saturated carbocycles. The van der Waals surface area contributed by atoms with Crippen molar-refractivity contribution in [2.75, 3.05) is 6.61 Å². The Hall–Kier alpha value is -3.40. The fraction of sp³-hybridized carbons (Fsp3) is 0.250. The molecule has 2 atom stereocenters. The molecule has 9 nitrogen and oxygen atoms in total. The van der Waals surface area contributed by atoms with Gasteiger partial charge in [0, 0.05) is 6.42 Å². The molecule has 0 aliphatic carbocycles. The average Bonchev–Trinajstić information content (AvgIpc) is 3.11. The van der Waals surface area contributed by atoms with Gasteiger partial charge in [0.05, 0.1) is 4.90 Å². The fourth-order valence-electron chi connectivity index (χ4n) is 3.02. The Morgan fingerprint density at radius 1 is 1.17 bits per heavy atom. The largest absolute Gasteiger partial charge is 0.446 e. The molecule has 1 fully saturated rings. The van der Waals surface area contributed by atoms with Gasteiger partial charge in [0.25, 0.3) is 10.0 Å². The highest BCUT2D eigenvalue weighted by atomic mass is 32.2. The number of hydrogen-bond donors (Lipinski definition) is 2. The zero-order valence-corrected chi connectivity index (χ0v) is 17.0. The van der Waals surface area contributed by atoms with Crippen LogP contribution in [0.5, 0.6) is 0 Å². The Morgan fingerprint density at radius 3 is 2.40 bits per heavy atom. The molecule has 1 saturated heterocycles. The summed E-state index contributed by atoms with van der Waals surface area (Å²) in [6.07, 6.45) is -1.04. The molecule has 158 valence electrons. The van der Waals surface area contributed by atoms with Crippen molar-refractivity contribution in [2.24, 2.45) is 5.73 Å². The number of amides is 3. The summed E-state index contributed by atoms with van der Waals surface area (Å²) in [7, 11) is -4.33. The predicted octanol–water partition coefficient (Wildman–Crippen LogP) is 0.717. The number of benzene rings is 2. The standard InChI is InChI=1S/C20H21N3O6S/c1-13-7-9-15(10-8-13)30(27,28)23-17(12-29-20(23)26)19(25)22-16(18(21)24)11-14-5-3-2-4-6-14/h2-10,16-17H,11-12H2,1H3,(H2,21,24)(H,22,25)/t16-,17-/m0/s1.